The first kappa shape index (κ1) is 26.9. The van der Waals surface area contributed by atoms with Crippen molar-refractivity contribution < 1.29 is 28.8 Å². The molecule has 1 saturated heterocycles. The zero-order valence-electron chi connectivity index (χ0n) is 22.7. The molecule has 1 fully saturated rings. The lowest BCUT2D eigenvalue weighted by Gasteiger charge is -2.34. The number of rotatable bonds is 7. The maximum absolute atomic E-state index is 13.3. The molecule has 12 heteroatoms. The van der Waals surface area contributed by atoms with E-state index in [9.17, 15) is 14.4 Å². The van der Waals surface area contributed by atoms with E-state index in [1.165, 1.54) is 11.1 Å². The van der Waals surface area contributed by atoms with Crippen molar-refractivity contribution in [3.8, 4) is 11.4 Å². The largest absolute Gasteiger partial charge is 0.465 e. The van der Waals surface area contributed by atoms with Crippen LogP contribution in [0, 0.1) is 6.92 Å². The van der Waals surface area contributed by atoms with Gasteiger partial charge in [0.25, 0.3) is 5.91 Å². The molecule has 2 amide bonds. The summed E-state index contributed by atoms with van der Waals surface area (Å²) >= 11 is 0. The zero-order valence-corrected chi connectivity index (χ0v) is 22.7. The van der Waals surface area contributed by atoms with Gasteiger partial charge in [-0.25, -0.2) is 9.78 Å². The third kappa shape index (κ3) is 5.80. The molecule has 0 aliphatic carbocycles. The van der Waals surface area contributed by atoms with Gasteiger partial charge >= 0.3 is 12.1 Å². The lowest BCUT2D eigenvalue weighted by Crippen LogP contribution is -2.47. The summed E-state index contributed by atoms with van der Waals surface area (Å²) in [4.78, 5) is 46.5. The van der Waals surface area contributed by atoms with E-state index in [1.54, 1.807) is 22.7 Å². The number of amides is 2. The van der Waals surface area contributed by atoms with Crippen molar-refractivity contribution in [2.75, 3.05) is 18.4 Å². The minimum absolute atomic E-state index is 0.133. The zero-order chi connectivity index (χ0) is 28.6. The van der Waals surface area contributed by atoms with Gasteiger partial charge in [-0.15, -0.1) is 0 Å². The van der Waals surface area contributed by atoms with Crippen molar-refractivity contribution in [2.45, 2.75) is 52.1 Å². The standard InChI is InChI=1S/C28H30N6O6/c1-16-5-8-18(24-31-26(40-32-24)19-14-33(15-19)27(37)38)11-20(16)30-25(36)21-12-29-22-9-6-17(13-34(21)22)7-10-23(35)39-28(2,3)4/h5-6,8-9,11-13,19H,7,10,14-15H2,1-4H3,(H,30,36)(H,37,38). The molecule has 0 bridgehead atoms. The molecule has 4 aromatic rings. The molecule has 0 radical (unpaired) electrons. The average molecular weight is 547 g/mol. The van der Waals surface area contributed by atoms with E-state index < -0.39 is 11.7 Å². The highest BCUT2D eigenvalue weighted by Gasteiger charge is 2.35. The molecule has 0 spiro atoms. The fourth-order valence-corrected chi connectivity index (χ4v) is 4.37. The van der Waals surface area contributed by atoms with Crippen LogP contribution < -0.4 is 5.32 Å². The quantitative estimate of drug-likeness (QED) is 0.323. The molecule has 0 saturated carbocycles. The third-order valence-corrected chi connectivity index (χ3v) is 6.52. The number of likely N-dealkylation sites (tertiary alicyclic amines) is 1. The van der Waals surface area contributed by atoms with Gasteiger partial charge in [0.2, 0.25) is 11.7 Å². The molecule has 1 aliphatic heterocycles. The number of aromatic nitrogens is 4. The molecular weight excluding hydrogens is 516 g/mol. The first-order chi connectivity index (χ1) is 19.0. The average Bonchev–Trinajstić information content (AvgIpc) is 3.49. The van der Waals surface area contributed by atoms with E-state index in [2.05, 4.69) is 20.4 Å². The predicted molar refractivity (Wildman–Crippen MR) is 144 cm³/mol. The van der Waals surface area contributed by atoms with Crippen LogP contribution in [0.25, 0.3) is 17.0 Å². The smallest absolute Gasteiger partial charge is 0.407 e. The van der Waals surface area contributed by atoms with Crippen molar-refractivity contribution >= 4 is 29.3 Å². The Balaban J connectivity index is 1.29. The van der Waals surface area contributed by atoms with Crippen molar-refractivity contribution in [1.82, 2.24) is 24.4 Å². The van der Waals surface area contributed by atoms with E-state index in [4.69, 9.17) is 14.4 Å². The Kier molecular flexibility index (Phi) is 7.01. The Morgan fingerprint density at radius 3 is 2.67 bits per heavy atom. The van der Waals surface area contributed by atoms with Crippen LogP contribution in [0.15, 0.2) is 47.2 Å². The molecule has 3 aromatic heterocycles. The number of imidazole rings is 1. The van der Waals surface area contributed by atoms with Crippen LogP contribution in [0.3, 0.4) is 0 Å². The van der Waals surface area contributed by atoms with Crippen molar-refractivity contribution in [3.05, 3.63) is 65.4 Å². The Hall–Kier alpha value is -4.74. The van der Waals surface area contributed by atoms with Crippen molar-refractivity contribution in [3.63, 3.8) is 0 Å². The van der Waals surface area contributed by atoms with Gasteiger partial charge in [0.15, 0.2) is 0 Å². The summed E-state index contributed by atoms with van der Waals surface area (Å²) in [7, 11) is 0. The molecule has 0 atom stereocenters. The maximum atomic E-state index is 13.3. The minimum atomic E-state index is -0.974. The van der Waals surface area contributed by atoms with Gasteiger partial charge in [-0.05, 0) is 57.4 Å². The van der Waals surface area contributed by atoms with E-state index in [0.29, 0.717) is 53.8 Å². The first-order valence-corrected chi connectivity index (χ1v) is 12.9. The van der Waals surface area contributed by atoms with Crippen LogP contribution in [0.1, 0.15) is 60.6 Å². The van der Waals surface area contributed by atoms with Crippen LogP contribution in [-0.4, -0.2) is 66.2 Å². The Morgan fingerprint density at radius 1 is 1.18 bits per heavy atom. The molecular formula is C28H30N6O6. The Labute approximate surface area is 230 Å². The van der Waals surface area contributed by atoms with E-state index in [0.717, 1.165) is 11.1 Å². The summed E-state index contributed by atoms with van der Waals surface area (Å²) in [5, 5.41) is 16.0. The van der Waals surface area contributed by atoms with Crippen LogP contribution in [0.2, 0.25) is 0 Å². The van der Waals surface area contributed by atoms with Crippen LogP contribution >= 0.6 is 0 Å². The molecule has 0 unspecified atom stereocenters. The lowest BCUT2D eigenvalue weighted by atomic mass is 10.0. The molecule has 1 aromatic carbocycles. The number of fused-ring (bicyclic) bond motifs is 1. The second-order valence-corrected chi connectivity index (χ2v) is 10.8. The second-order valence-electron chi connectivity index (χ2n) is 10.8. The van der Waals surface area contributed by atoms with Gasteiger partial charge in [0.1, 0.15) is 16.9 Å². The fraction of sp³-hybridized carbons (Fsp3) is 0.357. The Morgan fingerprint density at radius 2 is 1.95 bits per heavy atom. The minimum Gasteiger partial charge on any atom is -0.465 e. The molecule has 12 nitrogen and oxygen atoms in total. The Bertz CT molecular complexity index is 1590. The molecule has 40 heavy (non-hydrogen) atoms. The molecule has 2 N–H and O–H groups in total. The number of nitrogens with one attached hydrogen (secondary N) is 1. The number of aryl methyl sites for hydroxylation is 2. The summed E-state index contributed by atoms with van der Waals surface area (Å²) in [6.07, 6.45) is 3.02. The number of benzene rings is 1. The number of anilines is 1. The number of carbonyl (C=O) groups is 3. The number of carbonyl (C=O) groups excluding carboxylic acids is 2. The lowest BCUT2D eigenvalue weighted by molar-refractivity contribution is -0.154. The van der Waals surface area contributed by atoms with Gasteiger partial charge in [-0.2, -0.15) is 4.98 Å². The summed E-state index contributed by atoms with van der Waals surface area (Å²) in [6, 6.07) is 9.12. The highest BCUT2D eigenvalue weighted by molar-refractivity contribution is 6.04. The summed E-state index contributed by atoms with van der Waals surface area (Å²) in [5.41, 5.74) is 3.33. The second kappa shape index (κ2) is 10.4. The SMILES string of the molecule is Cc1ccc(-c2noc(C3CN(C(=O)O)C3)n2)cc1NC(=O)c1cnc2ccc(CCC(=O)OC(C)(C)C)cn12. The van der Waals surface area contributed by atoms with E-state index in [1.807, 2.05) is 45.9 Å². The van der Waals surface area contributed by atoms with Crippen LogP contribution in [-0.2, 0) is 16.0 Å². The number of hydrogen-bond acceptors (Lipinski definition) is 8. The van der Waals surface area contributed by atoms with E-state index in [-0.39, 0.29) is 24.2 Å². The third-order valence-electron chi connectivity index (χ3n) is 6.52. The molecule has 208 valence electrons. The van der Waals surface area contributed by atoms with Crippen LogP contribution in [0.4, 0.5) is 10.5 Å². The highest BCUT2D eigenvalue weighted by atomic mass is 16.6. The monoisotopic (exact) mass is 546 g/mol. The van der Waals surface area contributed by atoms with Gasteiger partial charge in [-0.1, -0.05) is 23.4 Å². The molecule has 4 heterocycles. The van der Waals surface area contributed by atoms with Crippen molar-refractivity contribution in [2.24, 2.45) is 0 Å². The number of ether oxygens (including phenoxy) is 1. The van der Waals surface area contributed by atoms with Crippen LogP contribution in [0.5, 0.6) is 0 Å². The topological polar surface area (TPSA) is 152 Å². The molecule has 5 rings (SSSR count). The van der Waals surface area contributed by atoms with Crippen molar-refractivity contribution in [1.29, 1.82) is 0 Å². The van der Waals surface area contributed by atoms with Gasteiger partial charge in [0, 0.05) is 37.0 Å². The number of nitrogens with zero attached hydrogens (tertiary/aromatic N) is 5. The maximum Gasteiger partial charge on any atom is 0.407 e. The number of hydrogen-bond donors (Lipinski definition) is 2. The van der Waals surface area contributed by atoms with Gasteiger partial charge in [-0.3, -0.25) is 14.0 Å². The number of esters is 1. The summed E-state index contributed by atoms with van der Waals surface area (Å²) < 4.78 is 12.5. The number of carboxylic acid groups (broad SMARTS) is 1. The first-order valence-electron chi connectivity index (χ1n) is 12.9. The predicted octanol–water partition coefficient (Wildman–Crippen LogP) is 4.30. The van der Waals surface area contributed by atoms with Gasteiger partial charge < -0.3 is 24.6 Å². The molecule has 1 aliphatic rings. The van der Waals surface area contributed by atoms with E-state index >= 15 is 0 Å². The number of pyridine rings is 1. The van der Waals surface area contributed by atoms with Gasteiger partial charge in [0.05, 0.1) is 12.1 Å². The normalized spacial score (nSPS) is 13.8. The highest BCUT2D eigenvalue weighted by Crippen LogP contribution is 2.29. The summed E-state index contributed by atoms with van der Waals surface area (Å²) in [6.45, 7) is 7.99. The fourth-order valence-electron chi connectivity index (χ4n) is 4.37. The summed E-state index contributed by atoms with van der Waals surface area (Å²) in [5.74, 6) is -0.0361.